The number of ketones is 1. The molecule has 2 aromatic rings. The largest absolute Gasteiger partial charge is 0.381 e. The van der Waals surface area contributed by atoms with Crippen molar-refractivity contribution in [2.24, 2.45) is 0 Å². The summed E-state index contributed by atoms with van der Waals surface area (Å²) in [6.07, 6.45) is 16.1. The molecule has 0 radical (unpaired) electrons. The van der Waals surface area contributed by atoms with Gasteiger partial charge in [0.05, 0.1) is 11.3 Å². The molecule has 0 spiro atoms. The SMILES string of the molecule is C=C\C=C/C(=C(\C)CCC)C(=C\C)/c1csc(-c2cc(C(C)=O)c[nH]c2=O)n1.CCC.CCCCOCCC. The normalized spacial score (nSPS) is 11.7. The summed E-state index contributed by atoms with van der Waals surface area (Å²) in [4.78, 5) is 31.3. The Hall–Kier alpha value is -2.83. The highest BCUT2D eigenvalue weighted by Crippen LogP contribution is 2.32. The topological polar surface area (TPSA) is 72.0 Å². The highest BCUT2D eigenvalue weighted by Gasteiger charge is 2.15. The highest BCUT2D eigenvalue weighted by molar-refractivity contribution is 7.13. The van der Waals surface area contributed by atoms with Gasteiger partial charge >= 0.3 is 0 Å². The summed E-state index contributed by atoms with van der Waals surface area (Å²) in [5.41, 5.74) is 4.85. The van der Waals surface area contributed by atoms with Gasteiger partial charge in [-0.05, 0) is 51.7 Å². The van der Waals surface area contributed by atoms with E-state index in [1.807, 2.05) is 24.5 Å². The fourth-order valence-electron chi connectivity index (χ4n) is 3.44. The smallest absolute Gasteiger partial charge is 0.258 e. The molecule has 0 unspecified atom stereocenters. The predicted octanol–water partition coefficient (Wildman–Crippen LogP) is 9.59. The number of rotatable bonds is 13. The van der Waals surface area contributed by atoms with Crippen molar-refractivity contribution in [3.8, 4) is 10.6 Å². The van der Waals surface area contributed by atoms with Crippen LogP contribution < -0.4 is 5.56 Å². The molecule has 39 heavy (non-hydrogen) atoms. The molecule has 2 rings (SSSR count). The number of hydrogen-bond donors (Lipinski definition) is 1. The van der Waals surface area contributed by atoms with Crippen LogP contribution in [0.3, 0.4) is 0 Å². The standard InChI is InChI=1S/C23H26N2O2S.C7H16O.C3H8/c1-6-9-11-19(15(4)10-7-2)18(8-3)21-14-28-23(25-21)20-12-17(16(5)26)13-24-22(20)27;1-3-5-7-8-6-4-2;1-3-2/h6,8-9,11-14H,1,7,10H2,2-5H3,(H,24,27);3-7H2,1-2H3;3H2,1-2H3/b11-9-,18-8+,19-15-;;. The molecular formula is C33H50N2O3S. The molecule has 6 heteroatoms. The van der Waals surface area contributed by atoms with Crippen molar-refractivity contribution in [3.63, 3.8) is 0 Å². The Labute approximate surface area is 240 Å². The molecule has 5 nitrogen and oxygen atoms in total. The molecule has 0 aromatic carbocycles. The fraction of sp³-hybridized carbons (Fsp3) is 0.485. The minimum atomic E-state index is -0.252. The Balaban J connectivity index is 0.00000111. The first-order valence-electron chi connectivity index (χ1n) is 14.2. The minimum Gasteiger partial charge on any atom is -0.381 e. The summed E-state index contributed by atoms with van der Waals surface area (Å²) in [6, 6.07) is 1.61. The zero-order chi connectivity index (χ0) is 29.6. The summed E-state index contributed by atoms with van der Waals surface area (Å²) in [6.45, 7) is 21.9. The van der Waals surface area contributed by atoms with E-state index in [1.54, 1.807) is 12.1 Å². The third kappa shape index (κ3) is 13.7. The molecule has 0 saturated heterocycles. The number of aromatic nitrogens is 2. The van der Waals surface area contributed by atoms with E-state index in [4.69, 9.17) is 9.72 Å². The summed E-state index contributed by atoms with van der Waals surface area (Å²) < 4.78 is 5.22. The molecule has 0 atom stereocenters. The first-order valence-corrected chi connectivity index (χ1v) is 15.1. The average Bonchev–Trinajstić information content (AvgIpc) is 3.39. The Morgan fingerprint density at radius 3 is 2.33 bits per heavy atom. The van der Waals surface area contributed by atoms with E-state index in [2.05, 4.69) is 59.2 Å². The quantitative estimate of drug-likeness (QED) is 0.152. The van der Waals surface area contributed by atoms with Crippen LogP contribution in [0, 0.1) is 0 Å². The molecule has 216 valence electrons. The van der Waals surface area contributed by atoms with Crippen molar-refractivity contribution in [2.45, 2.75) is 93.9 Å². The Bertz CT molecular complexity index is 1130. The van der Waals surface area contributed by atoms with Crippen LogP contribution in [0.15, 0.2) is 64.5 Å². The van der Waals surface area contributed by atoms with Gasteiger partial charge in [-0.1, -0.05) is 90.3 Å². The first-order chi connectivity index (χ1) is 18.7. The number of pyridine rings is 1. The molecule has 0 amide bonds. The van der Waals surface area contributed by atoms with Crippen LogP contribution in [-0.2, 0) is 4.74 Å². The number of allylic oxidation sites excluding steroid dienone is 7. The molecular weight excluding hydrogens is 504 g/mol. The number of H-pyrrole nitrogens is 1. The number of aromatic amines is 1. The van der Waals surface area contributed by atoms with Gasteiger partial charge < -0.3 is 9.72 Å². The van der Waals surface area contributed by atoms with Gasteiger partial charge in [-0.25, -0.2) is 4.98 Å². The molecule has 2 heterocycles. The summed E-state index contributed by atoms with van der Waals surface area (Å²) in [7, 11) is 0. The van der Waals surface area contributed by atoms with E-state index in [-0.39, 0.29) is 11.3 Å². The number of unbranched alkanes of at least 4 members (excludes halogenated alkanes) is 1. The first kappa shape index (κ1) is 36.2. The van der Waals surface area contributed by atoms with Crippen LogP contribution in [0.1, 0.15) is 110 Å². The van der Waals surface area contributed by atoms with Crippen LogP contribution in [0.2, 0.25) is 0 Å². The number of Topliss-reactive ketones (excluding diaryl/α,β-unsaturated/α-hetero) is 1. The monoisotopic (exact) mass is 554 g/mol. The predicted molar refractivity (Wildman–Crippen MR) is 171 cm³/mol. The average molecular weight is 555 g/mol. The van der Waals surface area contributed by atoms with Crippen molar-refractivity contribution in [3.05, 3.63) is 81.3 Å². The van der Waals surface area contributed by atoms with E-state index in [1.165, 1.54) is 49.3 Å². The van der Waals surface area contributed by atoms with Crippen LogP contribution in [0.4, 0.5) is 0 Å². The van der Waals surface area contributed by atoms with E-state index in [0.29, 0.717) is 16.1 Å². The molecule has 0 aliphatic rings. The molecule has 1 N–H and O–H groups in total. The number of nitrogens with zero attached hydrogens (tertiary/aromatic N) is 1. The van der Waals surface area contributed by atoms with E-state index < -0.39 is 0 Å². The maximum absolute atomic E-state index is 12.3. The second kappa shape index (κ2) is 22.0. The van der Waals surface area contributed by atoms with Gasteiger partial charge in [-0.3, -0.25) is 9.59 Å². The van der Waals surface area contributed by atoms with Crippen LogP contribution >= 0.6 is 11.3 Å². The van der Waals surface area contributed by atoms with Crippen LogP contribution in [0.25, 0.3) is 16.1 Å². The third-order valence-electron chi connectivity index (χ3n) is 5.37. The van der Waals surface area contributed by atoms with Gasteiger partial charge in [0.1, 0.15) is 5.01 Å². The van der Waals surface area contributed by atoms with Gasteiger partial charge in [0.2, 0.25) is 0 Å². The Morgan fingerprint density at radius 1 is 1.10 bits per heavy atom. The van der Waals surface area contributed by atoms with Crippen molar-refractivity contribution < 1.29 is 9.53 Å². The van der Waals surface area contributed by atoms with Crippen molar-refractivity contribution in [1.82, 2.24) is 9.97 Å². The van der Waals surface area contributed by atoms with E-state index in [0.717, 1.165) is 49.3 Å². The summed E-state index contributed by atoms with van der Waals surface area (Å²) >= 11 is 1.40. The lowest BCUT2D eigenvalue weighted by molar-refractivity contribution is 0.101. The van der Waals surface area contributed by atoms with E-state index >= 15 is 0 Å². The van der Waals surface area contributed by atoms with E-state index in [9.17, 15) is 9.59 Å². The number of carbonyl (C=O) groups is 1. The Morgan fingerprint density at radius 2 is 1.79 bits per heavy atom. The third-order valence-corrected chi connectivity index (χ3v) is 6.25. The number of thiazole rings is 1. The van der Waals surface area contributed by atoms with Crippen LogP contribution in [0.5, 0.6) is 0 Å². The maximum Gasteiger partial charge on any atom is 0.258 e. The van der Waals surface area contributed by atoms with Crippen LogP contribution in [-0.4, -0.2) is 29.0 Å². The molecule has 0 fully saturated rings. The lowest BCUT2D eigenvalue weighted by Crippen LogP contribution is -2.10. The highest BCUT2D eigenvalue weighted by atomic mass is 32.1. The van der Waals surface area contributed by atoms with Crippen molar-refractivity contribution in [1.29, 1.82) is 0 Å². The van der Waals surface area contributed by atoms with Crippen molar-refractivity contribution in [2.75, 3.05) is 13.2 Å². The molecule has 0 bridgehead atoms. The maximum atomic E-state index is 12.3. The van der Waals surface area contributed by atoms with Gasteiger partial charge in [0.15, 0.2) is 5.78 Å². The lowest BCUT2D eigenvalue weighted by Gasteiger charge is -2.11. The Kier molecular flexibility index (Phi) is 20.4. The lowest BCUT2D eigenvalue weighted by atomic mass is 9.95. The second-order valence-electron chi connectivity index (χ2n) is 9.14. The number of carbonyl (C=O) groups excluding carboxylic acids is 1. The zero-order valence-electron chi connectivity index (χ0n) is 25.5. The minimum absolute atomic E-state index is 0.0987. The van der Waals surface area contributed by atoms with Gasteiger partial charge in [-0.2, -0.15) is 0 Å². The van der Waals surface area contributed by atoms with Gasteiger partial charge in [-0.15, -0.1) is 11.3 Å². The molecule has 0 saturated carbocycles. The second-order valence-corrected chi connectivity index (χ2v) is 10.00. The fourth-order valence-corrected chi connectivity index (χ4v) is 4.27. The van der Waals surface area contributed by atoms with Gasteiger partial charge in [0.25, 0.3) is 5.56 Å². The molecule has 0 aliphatic carbocycles. The molecule has 2 aromatic heterocycles. The molecule has 0 aliphatic heterocycles. The number of nitrogens with one attached hydrogen (secondary N) is 1. The summed E-state index contributed by atoms with van der Waals surface area (Å²) in [5, 5.41) is 2.55. The van der Waals surface area contributed by atoms with Crippen molar-refractivity contribution >= 4 is 22.7 Å². The van der Waals surface area contributed by atoms with Gasteiger partial charge in [0, 0.05) is 35.9 Å². The zero-order valence-corrected chi connectivity index (χ0v) is 26.3. The number of hydrogen-bond acceptors (Lipinski definition) is 5. The summed E-state index contributed by atoms with van der Waals surface area (Å²) in [5.74, 6) is -0.0987. The number of ether oxygens (including phenoxy) is 1.